The van der Waals surface area contributed by atoms with E-state index >= 15 is 0 Å². The maximum Gasteiger partial charge on any atom is 0.269 e. The third-order valence-corrected chi connectivity index (χ3v) is 4.30. The first-order valence-electron chi connectivity index (χ1n) is 7.24. The van der Waals surface area contributed by atoms with Gasteiger partial charge in [0.15, 0.2) is 5.57 Å². The molecule has 2 aromatic rings. The number of ether oxygens (including phenoxy) is 1. The van der Waals surface area contributed by atoms with Crippen molar-refractivity contribution in [1.29, 1.82) is 5.26 Å². The molecule has 0 spiro atoms. The van der Waals surface area contributed by atoms with E-state index in [0.29, 0.717) is 28.0 Å². The van der Waals surface area contributed by atoms with Crippen LogP contribution in [0.3, 0.4) is 0 Å². The van der Waals surface area contributed by atoms with Crippen molar-refractivity contribution >= 4 is 28.9 Å². The second-order valence-electron chi connectivity index (χ2n) is 4.69. The fourth-order valence-corrected chi connectivity index (χ4v) is 3.18. The highest BCUT2D eigenvalue weighted by Crippen LogP contribution is 1.95. The Bertz CT molecular complexity index is 918. The largest absolute Gasteiger partial charge is 0.383 e. The van der Waals surface area contributed by atoms with Crippen molar-refractivity contribution in [3.63, 3.8) is 0 Å². The zero-order valence-electron chi connectivity index (χ0n) is 13.3. The Morgan fingerprint density at radius 3 is 3.00 bits per heavy atom. The Hall–Kier alpha value is -2.70. The summed E-state index contributed by atoms with van der Waals surface area (Å²) in [5, 5.41) is 12.0. The van der Waals surface area contributed by atoms with Crippen molar-refractivity contribution in [3.05, 3.63) is 37.8 Å². The van der Waals surface area contributed by atoms with Crippen molar-refractivity contribution in [2.24, 2.45) is 0 Å². The molecule has 0 aliphatic heterocycles. The number of nitrogens with one attached hydrogen (secondary N) is 2. The van der Waals surface area contributed by atoms with Crippen LogP contribution in [0.5, 0.6) is 0 Å². The molecule has 24 heavy (non-hydrogen) atoms. The molecule has 8 nitrogen and oxygen atoms in total. The monoisotopic (exact) mass is 347 g/mol. The van der Waals surface area contributed by atoms with Gasteiger partial charge in [0, 0.05) is 26.4 Å². The van der Waals surface area contributed by atoms with Gasteiger partial charge >= 0.3 is 0 Å². The van der Waals surface area contributed by atoms with Gasteiger partial charge < -0.3 is 15.0 Å². The van der Waals surface area contributed by atoms with Crippen LogP contribution in [0.15, 0.2) is 17.3 Å². The van der Waals surface area contributed by atoms with Gasteiger partial charge in [0.25, 0.3) is 11.5 Å². The van der Waals surface area contributed by atoms with Gasteiger partial charge in [-0.15, -0.1) is 11.3 Å². The Kier molecular flexibility index (Phi) is 6.06. The van der Waals surface area contributed by atoms with E-state index in [9.17, 15) is 14.9 Å². The molecular weight excluding hydrogens is 330 g/mol. The minimum Gasteiger partial charge on any atom is -0.383 e. The highest BCUT2D eigenvalue weighted by Gasteiger charge is 2.14. The third-order valence-electron chi connectivity index (χ3n) is 3.17. The van der Waals surface area contributed by atoms with Gasteiger partial charge in [-0.3, -0.25) is 14.2 Å². The first-order chi connectivity index (χ1) is 11.6. The van der Waals surface area contributed by atoms with Crippen molar-refractivity contribution in [1.82, 2.24) is 19.9 Å². The van der Waals surface area contributed by atoms with Crippen LogP contribution in [0.4, 0.5) is 0 Å². The molecular formula is C15H17N5O3S. The van der Waals surface area contributed by atoms with Crippen LogP contribution in [-0.4, -0.2) is 40.7 Å². The molecule has 0 atom stereocenters. The van der Waals surface area contributed by atoms with Crippen LogP contribution in [0.1, 0.15) is 12.6 Å². The number of rotatable bonds is 6. The molecule has 0 saturated heterocycles. The molecule has 0 saturated carbocycles. The Morgan fingerprint density at radius 1 is 1.62 bits per heavy atom. The summed E-state index contributed by atoms with van der Waals surface area (Å²) in [5.41, 5.74) is 0.265. The van der Waals surface area contributed by atoms with Gasteiger partial charge in [-0.2, -0.15) is 5.26 Å². The molecule has 2 heterocycles. The lowest BCUT2D eigenvalue weighted by atomic mass is 10.3. The summed E-state index contributed by atoms with van der Waals surface area (Å²) in [5.74, 6) is -0.524. The number of H-pyrrole nitrogens is 1. The number of nitriles is 1. The Balaban J connectivity index is 2.58. The third kappa shape index (κ3) is 3.79. The highest BCUT2D eigenvalue weighted by atomic mass is 32.1. The average molecular weight is 347 g/mol. The summed E-state index contributed by atoms with van der Waals surface area (Å²) in [4.78, 5) is 31.5. The number of methoxy groups -OCH3 is 1. The minimum absolute atomic E-state index is 0.0864. The number of hydrogen-bond donors (Lipinski definition) is 2. The lowest BCUT2D eigenvalue weighted by Crippen LogP contribution is -2.35. The van der Waals surface area contributed by atoms with Crippen molar-refractivity contribution in [2.45, 2.75) is 13.5 Å². The Morgan fingerprint density at radius 2 is 2.42 bits per heavy atom. The standard InChI is InChI=1S/C15H17N5O3S/c1-3-20-14(22)12(6-10-8-17-9-19-10)24-15(20)11(7-16)13(21)18-4-5-23-2/h6,8-9H,3-5H2,1-2H3,(H,17,19)(H,18,21)/b12-6-,15-11-. The molecule has 1 amide bonds. The number of nitrogens with zero attached hydrogens (tertiary/aromatic N) is 3. The first kappa shape index (κ1) is 17.7. The summed E-state index contributed by atoms with van der Waals surface area (Å²) < 4.78 is 7.03. The van der Waals surface area contributed by atoms with Crippen molar-refractivity contribution in [2.75, 3.05) is 20.3 Å². The first-order valence-corrected chi connectivity index (χ1v) is 8.05. The maximum atomic E-state index is 12.5. The lowest BCUT2D eigenvalue weighted by Gasteiger charge is -2.03. The summed E-state index contributed by atoms with van der Waals surface area (Å²) in [6, 6.07) is 1.90. The molecule has 2 rings (SSSR count). The van der Waals surface area contributed by atoms with Crippen LogP contribution < -0.4 is 20.1 Å². The maximum absolute atomic E-state index is 12.5. The zero-order chi connectivity index (χ0) is 17.5. The van der Waals surface area contributed by atoms with Crippen LogP contribution >= 0.6 is 11.3 Å². The van der Waals surface area contributed by atoms with E-state index in [4.69, 9.17) is 4.74 Å². The molecule has 0 radical (unpaired) electrons. The molecule has 0 aliphatic carbocycles. The topological polar surface area (TPSA) is 113 Å². The van der Waals surface area contributed by atoms with E-state index in [1.54, 1.807) is 19.2 Å². The second-order valence-corrected chi connectivity index (χ2v) is 5.73. The van der Waals surface area contributed by atoms with Gasteiger partial charge in [0.05, 0.1) is 23.2 Å². The smallest absolute Gasteiger partial charge is 0.269 e. The predicted octanol–water partition coefficient (Wildman–Crippen LogP) is -1.08. The number of thiazole rings is 1. The van der Waals surface area contributed by atoms with Gasteiger partial charge in [-0.25, -0.2) is 4.98 Å². The van der Waals surface area contributed by atoms with Crippen LogP contribution in [0.25, 0.3) is 11.6 Å². The minimum atomic E-state index is -0.524. The molecule has 0 fully saturated rings. The molecule has 2 aromatic heterocycles. The summed E-state index contributed by atoms with van der Waals surface area (Å²) in [6.45, 7) is 2.77. The van der Waals surface area contributed by atoms with Crippen molar-refractivity contribution < 1.29 is 9.53 Å². The quantitative estimate of drug-likeness (QED) is 0.645. The summed E-state index contributed by atoms with van der Waals surface area (Å²) in [7, 11) is 1.52. The zero-order valence-corrected chi connectivity index (χ0v) is 14.1. The normalized spacial score (nSPS) is 12.8. The van der Waals surface area contributed by atoms with Crippen LogP contribution in [0.2, 0.25) is 0 Å². The predicted molar refractivity (Wildman–Crippen MR) is 89.6 cm³/mol. The SMILES string of the molecule is CCn1c(=O)/c(=C/c2c[nH]cn2)s/c1=C(/C#N)C(=O)NCCOC. The molecule has 0 aromatic carbocycles. The summed E-state index contributed by atoms with van der Waals surface area (Å²) in [6.07, 6.45) is 4.78. The molecule has 0 bridgehead atoms. The second kappa shape index (κ2) is 8.24. The fraction of sp³-hybridized carbons (Fsp3) is 0.333. The lowest BCUT2D eigenvalue weighted by molar-refractivity contribution is -0.115. The van der Waals surface area contributed by atoms with E-state index in [0.717, 1.165) is 11.3 Å². The van der Waals surface area contributed by atoms with Gasteiger partial charge in [0.1, 0.15) is 10.7 Å². The summed E-state index contributed by atoms with van der Waals surface area (Å²) >= 11 is 1.10. The Labute approximate surface area is 141 Å². The number of imidazole rings is 1. The van der Waals surface area contributed by atoms with Crippen molar-refractivity contribution in [3.8, 4) is 6.07 Å². The number of aromatic amines is 1. The number of carbonyl (C=O) groups is 1. The van der Waals surface area contributed by atoms with E-state index in [-0.39, 0.29) is 17.7 Å². The molecule has 0 unspecified atom stereocenters. The van der Waals surface area contributed by atoms with E-state index in [1.807, 2.05) is 6.07 Å². The van der Waals surface area contributed by atoms with E-state index in [2.05, 4.69) is 15.3 Å². The molecule has 0 aliphatic rings. The average Bonchev–Trinajstić information content (AvgIpc) is 3.18. The number of amides is 1. The van der Waals surface area contributed by atoms with Crippen LogP contribution in [0, 0.1) is 11.3 Å². The van der Waals surface area contributed by atoms with Gasteiger partial charge in [-0.05, 0) is 13.0 Å². The number of hydrogen-bond acceptors (Lipinski definition) is 6. The molecule has 9 heteroatoms. The van der Waals surface area contributed by atoms with E-state index < -0.39 is 5.91 Å². The molecule has 126 valence electrons. The van der Waals surface area contributed by atoms with E-state index in [1.165, 1.54) is 18.0 Å². The van der Waals surface area contributed by atoms with Crippen LogP contribution in [-0.2, 0) is 16.1 Å². The fourth-order valence-electron chi connectivity index (χ4n) is 2.03. The van der Waals surface area contributed by atoms with Gasteiger partial charge in [0.2, 0.25) is 0 Å². The highest BCUT2D eigenvalue weighted by molar-refractivity contribution is 7.07. The number of carbonyl (C=O) groups excluding carboxylic acids is 1. The molecule has 2 N–H and O–H groups in total. The van der Waals surface area contributed by atoms with Gasteiger partial charge in [-0.1, -0.05) is 0 Å². The number of aromatic nitrogens is 3.